The Morgan fingerprint density at radius 3 is 2.74 bits per heavy atom. The van der Waals surface area contributed by atoms with Crippen molar-refractivity contribution in [2.24, 2.45) is 5.73 Å². The van der Waals surface area contributed by atoms with Gasteiger partial charge >= 0.3 is 0 Å². The lowest BCUT2D eigenvalue weighted by Crippen LogP contribution is -2.46. The van der Waals surface area contributed by atoms with E-state index >= 15 is 0 Å². The SMILES string of the molecule is CN(CC1(O)CCOCC1)c1ccc(C(N)=O)cn1. The third kappa shape index (κ3) is 3.42. The van der Waals surface area contributed by atoms with Crippen LogP contribution in [0, 0.1) is 0 Å². The summed E-state index contributed by atoms with van der Waals surface area (Å²) in [6, 6.07) is 3.36. The summed E-state index contributed by atoms with van der Waals surface area (Å²) < 4.78 is 5.25. The van der Waals surface area contributed by atoms with Gasteiger partial charge in [0.05, 0.1) is 11.2 Å². The number of hydrogen-bond acceptors (Lipinski definition) is 5. The number of amides is 1. The van der Waals surface area contributed by atoms with Crippen molar-refractivity contribution in [3.63, 3.8) is 0 Å². The van der Waals surface area contributed by atoms with Crippen molar-refractivity contribution in [3.8, 4) is 0 Å². The fourth-order valence-corrected chi connectivity index (χ4v) is 2.19. The van der Waals surface area contributed by atoms with Crippen LogP contribution in [0.2, 0.25) is 0 Å². The van der Waals surface area contributed by atoms with E-state index < -0.39 is 11.5 Å². The molecule has 1 aromatic rings. The third-order valence-corrected chi connectivity index (χ3v) is 3.38. The van der Waals surface area contributed by atoms with E-state index in [1.807, 2.05) is 11.9 Å². The van der Waals surface area contributed by atoms with Gasteiger partial charge in [0.1, 0.15) is 5.82 Å². The topological polar surface area (TPSA) is 88.7 Å². The lowest BCUT2D eigenvalue weighted by Gasteiger charge is -2.35. The van der Waals surface area contributed by atoms with Gasteiger partial charge in [-0.2, -0.15) is 0 Å². The highest BCUT2D eigenvalue weighted by molar-refractivity contribution is 5.92. The molecule has 2 rings (SSSR count). The molecule has 3 N–H and O–H groups in total. The molecule has 0 aromatic carbocycles. The van der Waals surface area contributed by atoms with Crippen molar-refractivity contribution in [1.29, 1.82) is 0 Å². The van der Waals surface area contributed by atoms with Crippen molar-refractivity contribution >= 4 is 11.7 Å². The molecule has 0 unspecified atom stereocenters. The molecular weight excluding hydrogens is 246 g/mol. The number of carbonyl (C=O) groups is 1. The third-order valence-electron chi connectivity index (χ3n) is 3.38. The van der Waals surface area contributed by atoms with Crippen LogP contribution in [0.15, 0.2) is 18.3 Å². The number of carbonyl (C=O) groups excluding carboxylic acids is 1. The van der Waals surface area contributed by atoms with E-state index in [0.717, 1.165) is 0 Å². The minimum atomic E-state index is -0.739. The summed E-state index contributed by atoms with van der Waals surface area (Å²) in [5.74, 6) is 0.203. The van der Waals surface area contributed by atoms with Crippen LogP contribution in [-0.4, -0.2) is 48.4 Å². The molecular formula is C13H19N3O3. The maximum Gasteiger partial charge on any atom is 0.250 e. The van der Waals surface area contributed by atoms with Crippen molar-refractivity contribution in [2.75, 3.05) is 31.7 Å². The van der Waals surface area contributed by atoms with Crippen LogP contribution in [0.5, 0.6) is 0 Å². The Labute approximate surface area is 112 Å². The second kappa shape index (κ2) is 5.54. The summed E-state index contributed by atoms with van der Waals surface area (Å²) in [4.78, 5) is 17.0. The van der Waals surface area contributed by atoms with Crippen molar-refractivity contribution in [1.82, 2.24) is 4.98 Å². The van der Waals surface area contributed by atoms with Crippen LogP contribution in [0.4, 0.5) is 5.82 Å². The number of ether oxygens (including phenoxy) is 1. The Bertz CT molecular complexity index is 441. The highest BCUT2D eigenvalue weighted by atomic mass is 16.5. The van der Waals surface area contributed by atoms with E-state index in [2.05, 4.69) is 4.98 Å². The zero-order chi connectivity index (χ0) is 13.9. The Balaban J connectivity index is 2.02. The fraction of sp³-hybridized carbons (Fsp3) is 0.538. The van der Waals surface area contributed by atoms with Crippen molar-refractivity contribution in [2.45, 2.75) is 18.4 Å². The number of primary amides is 1. The molecule has 2 heterocycles. The lowest BCUT2D eigenvalue weighted by atomic mass is 9.94. The monoisotopic (exact) mass is 265 g/mol. The quantitative estimate of drug-likeness (QED) is 0.809. The summed E-state index contributed by atoms with van der Waals surface area (Å²) in [5.41, 5.74) is 4.80. The van der Waals surface area contributed by atoms with Crippen LogP contribution >= 0.6 is 0 Å². The number of likely N-dealkylation sites (N-methyl/N-ethyl adjacent to an activating group) is 1. The largest absolute Gasteiger partial charge is 0.388 e. The number of nitrogens with two attached hydrogens (primary N) is 1. The summed E-state index contributed by atoms with van der Waals surface area (Å²) in [7, 11) is 1.86. The Hall–Kier alpha value is -1.66. The molecule has 19 heavy (non-hydrogen) atoms. The predicted octanol–water partition coefficient (Wildman–Crippen LogP) is 0.158. The van der Waals surface area contributed by atoms with Crippen LogP contribution < -0.4 is 10.6 Å². The first-order chi connectivity index (χ1) is 9.00. The number of anilines is 1. The molecule has 1 fully saturated rings. The standard InChI is InChI=1S/C13H19N3O3/c1-16(9-13(18)4-6-19-7-5-13)11-3-2-10(8-15-11)12(14)17/h2-3,8,18H,4-7,9H2,1H3,(H2,14,17). The number of rotatable bonds is 4. The molecule has 1 aliphatic heterocycles. The van der Waals surface area contributed by atoms with Gasteiger partial charge in [-0.1, -0.05) is 0 Å². The van der Waals surface area contributed by atoms with E-state index in [9.17, 15) is 9.90 Å². The van der Waals surface area contributed by atoms with Crippen LogP contribution in [0.1, 0.15) is 23.2 Å². The minimum Gasteiger partial charge on any atom is -0.388 e. The normalized spacial score (nSPS) is 18.0. The lowest BCUT2D eigenvalue weighted by molar-refractivity contribution is -0.0573. The van der Waals surface area contributed by atoms with Gasteiger partial charge in [0.25, 0.3) is 0 Å². The van der Waals surface area contributed by atoms with Crippen molar-refractivity contribution in [3.05, 3.63) is 23.9 Å². The average molecular weight is 265 g/mol. The second-order valence-electron chi connectivity index (χ2n) is 4.96. The summed E-state index contributed by atoms with van der Waals surface area (Å²) in [6.07, 6.45) is 2.69. The first kappa shape index (κ1) is 13.8. The zero-order valence-electron chi connectivity index (χ0n) is 11.0. The molecule has 6 heteroatoms. The molecule has 1 saturated heterocycles. The molecule has 0 aliphatic carbocycles. The van der Waals surface area contributed by atoms with Gasteiger partial charge in [-0.15, -0.1) is 0 Å². The highest BCUT2D eigenvalue weighted by Crippen LogP contribution is 2.23. The molecule has 0 saturated carbocycles. The summed E-state index contributed by atoms with van der Waals surface area (Å²) in [6.45, 7) is 1.65. The molecule has 0 bridgehead atoms. The van der Waals surface area contributed by atoms with Gasteiger partial charge in [-0.05, 0) is 12.1 Å². The number of pyridine rings is 1. The van der Waals surface area contributed by atoms with Crippen LogP contribution in [0.25, 0.3) is 0 Å². The number of hydrogen-bond donors (Lipinski definition) is 2. The molecule has 1 aromatic heterocycles. The zero-order valence-corrected chi connectivity index (χ0v) is 11.0. The van der Waals surface area contributed by atoms with Gasteiger partial charge < -0.3 is 20.5 Å². The van der Waals surface area contributed by atoms with Gasteiger partial charge in [0.15, 0.2) is 0 Å². The molecule has 0 radical (unpaired) electrons. The summed E-state index contributed by atoms with van der Waals surface area (Å²) in [5, 5.41) is 10.4. The van der Waals surface area contributed by atoms with Gasteiger partial charge in [0, 0.05) is 45.8 Å². The van der Waals surface area contributed by atoms with E-state index in [4.69, 9.17) is 10.5 Å². The van der Waals surface area contributed by atoms with Crippen LogP contribution in [-0.2, 0) is 4.74 Å². The molecule has 6 nitrogen and oxygen atoms in total. The smallest absolute Gasteiger partial charge is 0.250 e. The van der Waals surface area contributed by atoms with E-state index in [1.165, 1.54) is 6.20 Å². The average Bonchev–Trinajstić information content (AvgIpc) is 2.39. The first-order valence-electron chi connectivity index (χ1n) is 6.27. The minimum absolute atomic E-state index is 0.377. The summed E-state index contributed by atoms with van der Waals surface area (Å²) >= 11 is 0. The number of aromatic nitrogens is 1. The second-order valence-corrected chi connectivity index (χ2v) is 4.96. The van der Waals surface area contributed by atoms with E-state index in [0.29, 0.717) is 44.0 Å². The molecule has 1 amide bonds. The van der Waals surface area contributed by atoms with Gasteiger partial charge in [-0.25, -0.2) is 4.98 Å². The van der Waals surface area contributed by atoms with E-state index in [-0.39, 0.29) is 0 Å². The molecule has 0 spiro atoms. The van der Waals surface area contributed by atoms with Crippen LogP contribution in [0.3, 0.4) is 0 Å². The number of aliphatic hydroxyl groups is 1. The predicted molar refractivity (Wildman–Crippen MR) is 71.0 cm³/mol. The maximum absolute atomic E-state index is 11.0. The fourth-order valence-electron chi connectivity index (χ4n) is 2.19. The van der Waals surface area contributed by atoms with E-state index in [1.54, 1.807) is 12.1 Å². The highest BCUT2D eigenvalue weighted by Gasteiger charge is 2.31. The van der Waals surface area contributed by atoms with Crippen molar-refractivity contribution < 1.29 is 14.6 Å². The molecule has 0 atom stereocenters. The first-order valence-corrected chi connectivity index (χ1v) is 6.27. The Kier molecular flexibility index (Phi) is 4.01. The van der Waals surface area contributed by atoms with Gasteiger partial charge in [-0.3, -0.25) is 4.79 Å². The molecule has 104 valence electrons. The number of nitrogens with zero attached hydrogens (tertiary/aromatic N) is 2. The molecule has 1 aliphatic rings. The maximum atomic E-state index is 11.0. The Morgan fingerprint density at radius 1 is 1.53 bits per heavy atom. The Morgan fingerprint density at radius 2 is 2.21 bits per heavy atom. The van der Waals surface area contributed by atoms with Gasteiger partial charge in [0.2, 0.25) is 5.91 Å².